The first kappa shape index (κ1) is 23.5. The largest absolute Gasteiger partial charge is 0.452 e. The maximum absolute atomic E-state index is 12.9. The zero-order valence-electron chi connectivity index (χ0n) is 16.4. The molecule has 12 heteroatoms. The Hall–Kier alpha value is -3.18. The summed E-state index contributed by atoms with van der Waals surface area (Å²) < 4.78 is 44.5. The Kier molecular flexibility index (Phi) is 6.99. The molecular formula is C20H15ClF3N3O4S. The van der Waals surface area contributed by atoms with Gasteiger partial charge in [0, 0.05) is 12.7 Å². The number of fused-ring (bicyclic) bond motifs is 1. The van der Waals surface area contributed by atoms with Gasteiger partial charge in [0.1, 0.15) is 0 Å². The first-order chi connectivity index (χ1) is 15.0. The molecule has 2 amide bonds. The van der Waals surface area contributed by atoms with Crippen molar-refractivity contribution in [1.29, 1.82) is 0 Å². The molecule has 2 aromatic carbocycles. The highest BCUT2D eigenvalue weighted by atomic mass is 35.5. The van der Waals surface area contributed by atoms with E-state index in [1.165, 1.54) is 30.5 Å². The summed E-state index contributed by atoms with van der Waals surface area (Å²) >= 11 is 6.89. The van der Waals surface area contributed by atoms with Crippen LogP contribution in [0.25, 0.3) is 10.2 Å². The van der Waals surface area contributed by atoms with Crippen LogP contribution < -0.4 is 5.32 Å². The van der Waals surface area contributed by atoms with Gasteiger partial charge in [-0.1, -0.05) is 11.6 Å². The molecular weight excluding hydrogens is 471 g/mol. The third kappa shape index (κ3) is 5.74. The second kappa shape index (κ2) is 9.53. The minimum Gasteiger partial charge on any atom is -0.452 e. The second-order valence-corrected chi connectivity index (χ2v) is 7.89. The molecule has 0 unspecified atom stereocenters. The predicted octanol–water partition coefficient (Wildman–Crippen LogP) is 4.22. The fourth-order valence-electron chi connectivity index (χ4n) is 2.63. The Morgan fingerprint density at radius 3 is 2.66 bits per heavy atom. The number of alkyl halides is 3. The van der Waals surface area contributed by atoms with Gasteiger partial charge in [-0.15, -0.1) is 11.3 Å². The average Bonchev–Trinajstić information content (AvgIpc) is 3.20. The Morgan fingerprint density at radius 1 is 1.19 bits per heavy atom. The van der Waals surface area contributed by atoms with Gasteiger partial charge in [0.15, 0.2) is 6.61 Å². The molecule has 0 saturated heterocycles. The van der Waals surface area contributed by atoms with E-state index in [9.17, 15) is 27.6 Å². The topological polar surface area (TPSA) is 88.6 Å². The number of likely N-dealkylation sites (N-methyl/N-ethyl adjacent to an activating group) is 1. The van der Waals surface area contributed by atoms with Crippen molar-refractivity contribution in [3.8, 4) is 0 Å². The number of hydrogen-bond donors (Lipinski definition) is 1. The van der Waals surface area contributed by atoms with Crippen LogP contribution in [0, 0.1) is 0 Å². The van der Waals surface area contributed by atoms with Gasteiger partial charge < -0.3 is 15.0 Å². The number of anilines is 1. The summed E-state index contributed by atoms with van der Waals surface area (Å²) in [5.74, 6) is -2.12. The van der Waals surface area contributed by atoms with Crippen molar-refractivity contribution in [2.45, 2.75) is 6.18 Å². The van der Waals surface area contributed by atoms with Crippen molar-refractivity contribution in [2.24, 2.45) is 0 Å². The zero-order chi connectivity index (χ0) is 23.5. The standard InChI is InChI=1S/C20H15ClF3N3O4S/c1-27(8-17(28)26-12-3-4-14(21)13(7-12)20(22,23)24)18(29)9-31-19(30)11-2-5-15-16(6-11)32-10-25-15/h2-7,10H,8-9H2,1H3,(H,26,28). The summed E-state index contributed by atoms with van der Waals surface area (Å²) in [6, 6.07) is 7.69. The first-order valence-corrected chi connectivity index (χ1v) is 10.2. The monoisotopic (exact) mass is 485 g/mol. The van der Waals surface area contributed by atoms with Gasteiger partial charge in [-0.25, -0.2) is 9.78 Å². The molecule has 7 nitrogen and oxygen atoms in total. The maximum Gasteiger partial charge on any atom is 0.417 e. The molecule has 0 spiro atoms. The number of carbonyl (C=O) groups excluding carboxylic acids is 3. The molecule has 0 aliphatic heterocycles. The number of benzene rings is 2. The smallest absolute Gasteiger partial charge is 0.417 e. The SMILES string of the molecule is CN(CC(=O)Nc1ccc(Cl)c(C(F)(F)F)c1)C(=O)COC(=O)c1ccc2ncsc2c1. The van der Waals surface area contributed by atoms with Crippen LogP contribution in [0.1, 0.15) is 15.9 Å². The highest BCUT2D eigenvalue weighted by Gasteiger charge is 2.33. The molecule has 3 aromatic rings. The van der Waals surface area contributed by atoms with Gasteiger partial charge in [0.05, 0.1) is 38.4 Å². The van der Waals surface area contributed by atoms with Crippen molar-refractivity contribution < 1.29 is 32.3 Å². The third-order valence-corrected chi connectivity index (χ3v) is 5.38. The molecule has 0 fully saturated rings. The number of carbonyl (C=O) groups is 3. The Bertz CT molecular complexity index is 1180. The number of ether oxygens (including phenoxy) is 1. The Morgan fingerprint density at radius 2 is 1.94 bits per heavy atom. The van der Waals surface area contributed by atoms with E-state index in [0.29, 0.717) is 6.07 Å². The zero-order valence-corrected chi connectivity index (χ0v) is 18.0. The van der Waals surface area contributed by atoms with E-state index in [1.54, 1.807) is 17.6 Å². The lowest BCUT2D eigenvalue weighted by Gasteiger charge is -2.17. The van der Waals surface area contributed by atoms with Gasteiger partial charge in [-0.3, -0.25) is 9.59 Å². The molecule has 0 radical (unpaired) electrons. The summed E-state index contributed by atoms with van der Waals surface area (Å²) in [7, 11) is 1.29. The van der Waals surface area contributed by atoms with E-state index in [2.05, 4.69) is 10.3 Å². The minimum atomic E-state index is -4.68. The van der Waals surface area contributed by atoms with Crippen LogP contribution in [0.2, 0.25) is 5.02 Å². The van der Waals surface area contributed by atoms with Crippen molar-refractivity contribution >= 4 is 56.6 Å². The quantitative estimate of drug-likeness (QED) is 0.528. The van der Waals surface area contributed by atoms with Crippen LogP contribution in [0.15, 0.2) is 41.9 Å². The summed E-state index contributed by atoms with van der Waals surface area (Å²) in [6.45, 7) is -1.07. The molecule has 0 aliphatic rings. The molecule has 32 heavy (non-hydrogen) atoms. The number of aromatic nitrogens is 1. The maximum atomic E-state index is 12.9. The van der Waals surface area contributed by atoms with Gasteiger partial charge in [-0.2, -0.15) is 13.2 Å². The highest BCUT2D eigenvalue weighted by Crippen LogP contribution is 2.36. The van der Waals surface area contributed by atoms with Crippen molar-refractivity contribution in [2.75, 3.05) is 25.5 Å². The number of esters is 1. The summed E-state index contributed by atoms with van der Waals surface area (Å²) in [4.78, 5) is 41.5. The van der Waals surface area contributed by atoms with Crippen LogP contribution >= 0.6 is 22.9 Å². The fraction of sp³-hybridized carbons (Fsp3) is 0.200. The molecule has 1 heterocycles. The predicted molar refractivity (Wildman–Crippen MR) is 113 cm³/mol. The van der Waals surface area contributed by atoms with E-state index >= 15 is 0 Å². The van der Waals surface area contributed by atoms with Crippen LogP contribution in [0.3, 0.4) is 0 Å². The van der Waals surface area contributed by atoms with Gasteiger partial charge in [0.2, 0.25) is 5.91 Å². The second-order valence-electron chi connectivity index (χ2n) is 6.60. The lowest BCUT2D eigenvalue weighted by atomic mass is 10.2. The number of thiazole rings is 1. The lowest BCUT2D eigenvalue weighted by Crippen LogP contribution is -2.37. The molecule has 168 valence electrons. The van der Waals surface area contributed by atoms with Crippen molar-refractivity contribution in [1.82, 2.24) is 9.88 Å². The molecule has 0 atom stereocenters. The number of rotatable bonds is 6. The molecule has 0 aliphatic carbocycles. The Balaban J connectivity index is 1.52. The van der Waals surface area contributed by atoms with Crippen LogP contribution in [0.5, 0.6) is 0 Å². The average molecular weight is 486 g/mol. The summed E-state index contributed by atoms with van der Waals surface area (Å²) in [5, 5.41) is 1.77. The summed E-state index contributed by atoms with van der Waals surface area (Å²) in [6.07, 6.45) is -4.68. The minimum absolute atomic E-state index is 0.127. The van der Waals surface area contributed by atoms with Crippen LogP contribution in [-0.2, 0) is 20.5 Å². The van der Waals surface area contributed by atoms with Crippen molar-refractivity contribution in [3.63, 3.8) is 0 Å². The molecule has 1 aromatic heterocycles. The Labute approximate surface area is 188 Å². The number of nitrogens with one attached hydrogen (secondary N) is 1. The van der Waals surface area contributed by atoms with Gasteiger partial charge in [-0.05, 0) is 36.4 Å². The van der Waals surface area contributed by atoms with Gasteiger partial charge >= 0.3 is 12.1 Å². The normalized spacial score (nSPS) is 11.3. The van der Waals surface area contributed by atoms with Crippen LogP contribution in [0.4, 0.5) is 18.9 Å². The van der Waals surface area contributed by atoms with Crippen LogP contribution in [-0.4, -0.2) is 47.9 Å². The molecule has 3 rings (SSSR count). The van der Waals surface area contributed by atoms with E-state index in [-0.39, 0.29) is 11.3 Å². The third-order valence-electron chi connectivity index (χ3n) is 4.26. The summed E-state index contributed by atoms with van der Waals surface area (Å²) in [5.41, 5.74) is 1.40. The number of halogens is 4. The number of nitrogens with zero attached hydrogens (tertiary/aromatic N) is 2. The molecule has 1 N–H and O–H groups in total. The number of amides is 2. The van der Waals surface area contributed by atoms with Gasteiger partial charge in [0.25, 0.3) is 5.91 Å². The van der Waals surface area contributed by atoms with E-state index in [1.807, 2.05) is 0 Å². The van der Waals surface area contributed by atoms with E-state index in [4.69, 9.17) is 16.3 Å². The lowest BCUT2D eigenvalue weighted by molar-refractivity contribution is -0.137. The van der Waals surface area contributed by atoms with Crippen molar-refractivity contribution in [3.05, 3.63) is 58.1 Å². The van der Waals surface area contributed by atoms with E-state index in [0.717, 1.165) is 21.2 Å². The molecule has 0 bridgehead atoms. The molecule has 0 saturated carbocycles. The highest BCUT2D eigenvalue weighted by molar-refractivity contribution is 7.16. The number of hydrogen-bond acceptors (Lipinski definition) is 6. The fourth-order valence-corrected chi connectivity index (χ4v) is 3.57. The first-order valence-electron chi connectivity index (χ1n) is 8.95. The van der Waals surface area contributed by atoms with E-state index < -0.39 is 47.7 Å².